The number of aliphatic hydroxyl groups is 1. The summed E-state index contributed by atoms with van der Waals surface area (Å²) in [6, 6.07) is 7.78. The molecule has 0 aliphatic rings. The highest BCUT2D eigenvalue weighted by atomic mass is 79.9. The van der Waals surface area contributed by atoms with E-state index in [0.717, 1.165) is 16.3 Å². The van der Waals surface area contributed by atoms with Gasteiger partial charge in [-0.1, -0.05) is 41.9 Å². The van der Waals surface area contributed by atoms with Gasteiger partial charge in [-0.25, -0.2) is 4.98 Å². The number of amides is 1. The first-order valence-electron chi connectivity index (χ1n) is 8.55. The highest BCUT2D eigenvalue weighted by Gasteiger charge is 2.28. The van der Waals surface area contributed by atoms with E-state index in [1.54, 1.807) is 14.1 Å². The molecule has 27 heavy (non-hydrogen) atoms. The smallest absolute Gasteiger partial charge is 0.273 e. The molecule has 0 aliphatic carbocycles. The predicted octanol–water partition coefficient (Wildman–Crippen LogP) is 2.53. The van der Waals surface area contributed by atoms with E-state index in [4.69, 9.17) is 0 Å². The Bertz CT molecular complexity index is 830. The van der Waals surface area contributed by atoms with Gasteiger partial charge >= 0.3 is 0 Å². The van der Waals surface area contributed by atoms with Crippen molar-refractivity contribution in [2.45, 2.75) is 26.8 Å². The lowest BCUT2D eigenvalue weighted by molar-refractivity contribution is -0.114. The minimum Gasteiger partial charge on any atom is -0.377 e. The summed E-state index contributed by atoms with van der Waals surface area (Å²) in [6.07, 6.45) is 1.25. The van der Waals surface area contributed by atoms with Crippen molar-refractivity contribution >= 4 is 33.9 Å². The van der Waals surface area contributed by atoms with Gasteiger partial charge < -0.3 is 24.7 Å². The van der Waals surface area contributed by atoms with Gasteiger partial charge in [-0.2, -0.15) is 0 Å². The predicted molar refractivity (Wildman–Crippen MR) is 108 cm³/mol. The Labute approximate surface area is 167 Å². The number of carbonyl (C=O) groups is 2. The summed E-state index contributed by atoms with van der Waals surface area (Å²) in [6.45, 7) is 3.71. The summed E-state index contributed by atoms with van der Waals surface area (Å²) in [5.41, 5.74) is 0.705. The Hall–Kier alpha value is -2.19. The van der Waals surface area contributed by atoms with Gasteiger partial charge in [0.15, 0.2) is 11.5 Å². The molecule has 7 nitrogen and oxygen atoms in total. The molecule has 0 bridgehead atoms. The van der Waals surface area contributed by atoms with Crippen LogP contribution in [0.3, 0.4) is 0 Å². The number of aromatic nitrogens is 2. The van der Waals surface area contributed by atoms with Crippen molar-refractivity contribution in [3.63, 3.8) is 0 Å². The molecule has 0 radical (unpaired) electrons. The lowest BCUT2D eigenvalue weighted by atomic mass is 9.91. The van der Waals surface area contributed by atoms with E-state index in [1.165, 1.54) is 4.90 Å². The Morgan fingerprint density at radius 3 is 2.67 bits per heavy atom. The van der Waals surface area contributed by atoms with Crippen LogP contribution in [0.1, 0.15) is 35.7 Å². The number of anilines is 1. The Balaban J connectivity index is 2.62. The number of benzene rings is 1. The molecule has 1 aromatic heterocycles. The molecule has 0 unspecified atom stereocenters. The van der Waals surface area contributed by atoms with Crippen LogP contribution in [0.5, 0.6) is 0 Å². The topological polar surface area (TPSA) is 87.5 Å². The maximum Gasteiger partial charge on any atom is 0.273 e. The highest BCUT2D eigenvalue weighted by Crippen LogP contribution is 2.26. The molecule has 0 fully saturated rings. The highest BCUT2D eigenvalue weighted by molar-refractivity contribution is 9.10. The number of hydrogen-bond donors (Lipinski definition) is 2. The number of nitrogens with zero attached hydrogens (tertiary/aromatic N) is 3. The van der Waals surface area contributed by atoms with Gasteiger partial charge in [0, 0.05) is 36.9 Å². The largest absolute Gasteiger partial charge is 0.377 e. The molecule has 2 rings (SSSR count). The second-order valence-corrected chi connectivity index (χ2v) is 8.17. The maximum absolute atomic E-state index is 12.8. The Morgan fingerprint density at radius 1 is 1.41 bits per heavy atom. The van der Waals surface area contributed by atoms with Crippen LogP contribution >= 0.6 is 15.9 Å². The molecule has 1 aromatic carbocycles. The van der Waals surface area contributed by atoms with Crippen LogP contribution in [0.4, 0.5) is 5.82 Å². The van der Waals surface area contributed by atoms with Crippen molar-refractivity contribution in [1.82, 2.24) is 14.5 Å². The Morgan fingerprint density at radius 2 is 2.11 bits per heavy atom. The molecule has 1 heterocycles. The molecular weight excluding hydrogens is 412 g/mol. The van der Waals surface area contributed by atoms with E-state index in [9.17, 15) is 14.7 Å². The van der Waals surface area contributed by atoms with E-state index in [2.05, 4.69) is 26.2 Å². The normalized spacial score (nSPS) is 11.3. The number of aliphatic hydroxyl groups excluding tert-OH is 1. The molecule has 0 aliphatic heterocycles. The van der Waals surface area contributed by atoms with Crippen LogP contribution in [0.25, 0.3) is 0 Å². The van der Waals surface area contributed by atoms with Crippen LogP contribution in [0, 0.1) is 5.41 Å². The summed E-state index contributed by atoms with van der Waals surface area (Å²) in [4.78, 5) is 30.3. The molecule has 0 saturated heterocycles. The van der Waals surface area contributed by atoms with E-state index >= 15 is 0 Å². The van der Waals surface area contributed by atoms with Crippen LogP contribution in [-0.4, -0.2) is 52.6 Å². The van der Waals surface area contributed by atoms with Crippen molar-refractivity contribution < 1.29 is 14.7 Å². The van der Waals surface area contributed by atoms with Crippen molar-refractivity contribution in [1.29, 1.82) is 0 Å². The quantitative estimate of drug-likeness (QED) is 0.490. The average Bonchev–Trinajstić information content (AvgIpc) is 2.91. The minimum absolute atomic E-state index is 0.233. The number of aldehydes is 1. The van der Waals surface area contributed by atoms with Crippen LogP contribution in [0.15, 0.2) is 28.7 Å². The summed E-state index contributed by atoms with van der Waals surface area (Å²) in [5.74, 6) is 0.680. The summed E-state index contributed by atoms with van der Waals surface area (Å²) < 4.78 is 2.75. The molecule has 2 aromatic rings. The lowest BCUT2D eigenvalue weighted by Crippen LogP contribution is -2.27. The lowest BCUT2D eigenvalue weighted by Gasteiger charge is -2.19. The van der Waals surface area contributed by atoms with Gasteiger partial charge in [-0.05, 0) is 17.7 Å². The van der Waals surface area contributed by atoms with Crippen molar-refractivity contribution in [3.8, 4) is 0 Å². The van der Waals surface area contributed by atoms with E-state index < -0.39 is 5.41 Å². The van der Waals surface area contributed by atoms with Gasteiger partial charge in [0.2, 0.25) is 0 Å². The summed E-state index contributed by atoms with van der Waals surface area (Å²) in [5, 5.41) is 12.1. The molecule has 0 saturated carbocycles. The van der Waals surface area contributed by atoms with E-state index in [-0.39, 0.29) is 12.6 Å². The fourth-order valence-corrected chi connectivity index (χ4v) is 3.14. The third-order valence-corrected chi connectivity index (χ3v) is 4.56. The molecule has 0 spiro atoms. The van der Waals surface area contributed by atoms with Crippen LogP contribution in [0.2, 0.25) is 0 Å². The van der Waals surface area contributed by atoms with Crippen molar-refractivity contribution in [2.24, 2.45) is 5.41 Å². The molecule has 2 N–H and O–H groups in total. The standard InChI is InChI=1S/C19H25BrN4O3/c1-19(2,11-25)9-15-22-17(21-12-26)16(18(27)23(3)4)24(15)10-13-6-5-7-14(20)8-13/h5-8,11,21,26H,9-10,12H2,1-4H3. The number of imidazole rings is 1. The molecule has 8 heteroatoms. The minimum atomic E-state index is -0.630. The van der Waals surface area contributed by atoms with Gasteiger partial charge in [0.1, 0.15) is 18.8 Å². The first-order valence-corrected chi connectivity index (χ1v) is 9.34. The fourth-order valence-electron chi connectivity index (χ4n) is 2.70. The summed E-state index contributed by atoms with van der Waals surface area (Å²) in [7, 11) is 3.33. The maximum atomic E-state index is 12.8. The fraction of sp³-hybridized carbons (Fsp3) is 0.421. The SMILES string of the molecule is CN(C)C(=O)c1c(NCO)nc(CC(C)(C)C=O)n1Cc1cccc(Br)c1. The zero-order chi connectivity index (χ0) is 20.2. The number of carbonyl (C=O) groups excluding carboxylic acids is 2. The van der Waals surface area contributed by atoms with Gasteiger partial charge in [0.05, 0.1) is 0 Å². The first-order chi connectivity index (χ1) is 12.7. The number of nitrogens with one attached hydrogen (secondary N) is 1. The number of rotatable bonds is 8. The molecular formula is C19H25BrN4O3. The van der Waals surface area contributed by atoms with E-state index in [0.29, 0.717) is 30.3 Å². The second-order valence-electron chi connectivity index (χ2n) is 7.26. The second kappa shape index (κ2) is 8.67. The first kappa shape index (κ1) is 21.1. The number of halogens is 1. The third kappa shape index (κ3) is 5.17. The zero-order valence-corrected chi connectivity index (χ0v) is 17.6. The number of hydrogen-bond acceptors (Lipinski definition) is 5. The van der Waals surface area contributed by atoms with Crippen molar-refractivity contribution in [2.75, 3.05) is 26.1 Å². The third-order valence-electron chi connectivity index (χ3n) is 4.06. The van der Waals surface area contributed by atoms with Crippen molar-refractivity contribution in [3.05, 3.63) is 45.8 Å². The summed E-state index contributed by atoms with van der Waals surface area (Å²) >= 11 is 3.46. The van der Waals surface area contributed by atoms with Gasteiger partial charge in [-0.3, -0.25) is 4.79 Å². The van der Waals surface area contributed by atoms with Crippen LogP contribution < -0.4 is 5.32 Å². The van der Waals surface area contributed by atoms with Crippen LogP contribution in [-0.2, 0) is 17.8 Å². The van der Waals surface area contributed by atoms with Gasteiger partial charge in [0.25, 0.3) is 5.91 Å². The van der Waals surface area contributed by atoms with E-state index in [1.807, 2.05) is 42.7 Å². The monoisotopic (exact) mass is 436 g/mol. The molecule has 146 valence electrons. The Kier molecular flexibility index (Phi) is 6.78. The average molecular weight is 437 g/mol. The molecule has 1 amide bonds. The van der Waals surface area contributed by atoms with Gasteiger partial charge in [-0.15, -0.1) is 0 Å². The zero-order valence-electron chi connectivity index (χ0n) is 16.0. The molecule has 0 atom stereocenters.